The normalized spacial score (nSPS) is 18.1. The largest absolute Gasteiger partial charge is 0.367 e. The molecule has 2 aromatic carbocycles. The van der Waals surface area contributed by atoms with E-state index in [1.165, 1.54) is 23.1 Å². The number of aryl methyl sites for hydroxylation is 1. The van der Waals surface area contributed by atoms with E-state index in [0.29, 0.717) is 23.4 Å². The molecule has 5 rings (SSSR count). The molecule has 37 heavy (non-hydrogen) atoms. The van der Waals surface area contributed by atoms with Crippen LogP contribution >= 0.6 is 11.6 Å². The number of carbonyl (C=O) groups is 1. The number of halogens is 4. The van der Waals surface area contributed by atoms with E-state index < -0.39 is 44.5 Å². The number of hydrogen-bond acceptors (Lipinski definition) is 5. The minimum atomic E-state index is -3.24. The number of rotatable bonds is 4. The maximum absolute atomic E-state index is 14.6. The van der Waals surface area contributed by atoms with Crippen LogP contribution in [0.1, 0.15) is 34.6 Å². The third kappa shape index (κ3) is 4.48. The van der Waals surface area contributed by atoms with Gasteiger partial charge in [0.25, 0.3) is 5.91 Å². The fraction of sp³-hybridized carbons (Fsp3) is 0.360. The summed E-state index contributed by atoms with van der Waals surface area (Å²) in [6.45, 7) is 2.36. The topological polar surface area (TPSA) is 75.5 Å². The van der Waals surface area contributed by atoms with E-state index in [4.69, 9.17) is 11.6 Å². The second kappa shape index (κ2) is 9.05. The lowest BCUT2D eigenvalue weighted by atomic mass is 9.95. The van der Waals surface area contributed by atoms with Gasteiger partial charge in [-0.1, -0.05) is 11.6 Å². The molecular formula is C25H24ClF3N4O3S. The highest BCUT2D eigenvalue weighted by Crippen LogP contribution is 2.39. The van der Waals surface area contributed by atoms with Gasteiger partial charge in [-0.25, -0.2) is 21.6 Å². The average molecular weight is 553 g/mol. The number of fused-ring (bicyclic) bond motifs is 1. The lowest BCUT2D eigenvalue weighted by Crippen LogP contribution is -2.54. The maximum Gasteiger partial charge on any atom is 0.256 e. The monoisotopic (exact) mass is 552 g/mol. The van der Waals surface area contributed by atoms with Gasteiger partial charge in [-0.15, -0.1) is 0 Å². The van der Waals surface area contributed by atoms with Gasteiger partial charge in [0.2, 0.25) is 0 Å². The Balaban J connectivity index is 1.45. The van der Waals surface area contributed by atoms with Gasteiger partial charge in [0.1, 0.15) is 17.5 Å². The second-order valence-electron chi connectivity index (χ2n) is 9.56. The molecule has 3 aromatic rings. The second-order valence-corrected chi connectivity index (χ2v) is 12.3. The van der Waals surface area contributed by atoms with Crippen molar-refractivity contribution in [3.8, 4) is 11.3 Å². The molecule has 1 fully saturated rings. The van der Waals surface area contributed by atoms with Gasteiger partial charge < -0.3 is 9.80 Å². The molecule has 3 heterocycles. The van der Waals surface area contributed by atoms with E-state index in [1.54, 1.807) is 23.6 Å². The summed E-state index contributed by atoms with van der Waals surface area (Å²) >= 11 is 6.56. The lowest BCUT2D eigenvalue weighted by molar-refractivity contribution is 0.0673. The summed E-state index contributed by atoms with van der Waals surface area (Å²) < 4.78 is 67.4. The van der Waals surface area contributed by atoms with Crippen LogP contribution in [0.4, 0.5) is 18.9 Å². The quantitative estimate of drug-likeness (QED) is 0.486. The Hall–Kier alpha value is -3.05. The molecule has 12 heteroatoms. The van der Waals surface area contributed by atoms with Gasteiger partial charge >= 0.3 is 0 Å². The van der Waals surface area contributed by atoms with Gasteiger partial charge in [-0.2, -0.15) is 5.10 Å². The summed E-state index contributed by atoms with van der Waals surface area (Å²) in [5.74, 6) is -2.56. The molecular weight excluding hydrogens is 529 g/mol. The summed E-state index contributed by atoms with van der Waals surface area (Å²) in [7, 11) is -1.57. The molecule has 1 unspecified atom stereocenters. The molecule has 1 saturated heterocycles. The molecule has 196 valence electrons. The number of amides is 1. The predicted molar refractivity (Wildman–Crippen MR) is 134 cm³/mol. The van der Waals surface area contributed by atoms with E-state index in [0.717, 1.165) is 24.0 Å². The number of aromatic nitrogens is 2. The summed E-state index contributed by atoms with van der Waals surface area (Å²) in [6.07, 6.45) is 1.52. The van der Waals surface area contributed by atoms with Crippen LogP contribution < -0.4 is 4.90 Å². The average Bonchev–Trinajstić information content (AvgIpc) is 3.10. The van der Waals surface area contributed by atoms with Crippen LogP contribution in [0.15, 0.2) is 30.3 Å². The maximum atomic E-state index is 14.6. The molecule has 0 bridgehead atoms. The van der Waals surface area contributed by atoms with Crippen LogP contribution in [0, 0.1) is 17.5 Å². The van der Waals surface area contributed by atoms with Crippen molar-refractivity contribution in [3.05, 3.63) is 69.6 Å². The fourth-order valence-electron chi connectivity index (χ4n) is 5.09. The zero-order valence-electron chi connectivity index (χ0n) is 20.3. The van der Waals surface area contributed by atoms with Crippen LogP contribution in [0.2, 0.25) is 5.02 Å². The molecule has 1 aromatic heterocycles. The Morgan fingerprint density at radius 3 is 2.30 bits per heavy atom. The number of nitrogens with zero attached hydrogens (tertiary/aromatic N) is 4. The van der Waals surface area contributed by atoms with E-state index in [1.807, 2.05) is 0 Å². The van der Waals surface area contributed by atoms with Gasteiger partial charge in [-0.05, 0) is 37.6 Å². The fourth-order valence-corrected chi connectivity index (χ4v) is 6.31. The Morgan fingerprint density at radius 1 is 1.05 bits per heavy atom. The molecule has 0 radical (unpaired) electrons. The summed E-state index contributed by atoms with van der Waals surface area (Å²) in [5, 5.41) is 4.02. The molecule has 0 saturated carbocycles. The predicted octanol–water partition coefficient (Wildman–Crippen LogP) is 4.15. The Kier molecular flexibility index (Phi) is 6.26. The van der Waals surface area contributed by atoms with E-state index >= 15 is 0 Å². The molecule has 1 amide bonds. The number of sulfone groups is 1. The van der Waals surface area contributed by atoms with Gasteiger partial charge in [0.15, 0.2) is 9.84 Å². The third-order valence-corrected chi connectivity index (χ3v) is 8.99. The zero-order chi connectivity index (χ0) is 26.8. The minimum absolute atomic E-state index is 0.0295. The van der Waals surface area contributed by atoms with Crippen LogP contribution in [0.3, 0.4) is 0 Å². The van der Waals surface area contributed by atoms with Crippen LogP contribution in [-0.2, 0) is 23.3 Å². The van der Waals surface area contributed by atoms with Crippen LogP contribution in [0.25, 0.3) is 11.3 Å². The first-order chi connectivity index (χ1) is 17.3. The first-order valence-electron chi connectivity index (χ1n) is 11.6. The van der Waals surface area contributed by atoms with Crippen molar-refractivity contribution in [2.75, 3.05) is 30.8 Å². The number of hydrogen-bond donors (Lipinski definition) is 0. The molecule has 2 aliphatic rings. The summed E-state index contributed by atoms with van der Waals surface area (Å²) in [6, 6.07) is 5.02. The van der Waals surface area contributed by atoms with Crippen molar-refractivity contribution < 1.29 is 26.4 Å². The van der Waals surface area contributed by atoms with Gasteiger partial charge in [0.05, 0.1) is 39.0 Å². The molecule has 0 N–H and O–H groups in total. The Morgan fingerprint density at radius 2 is 1.68 bits per heavy atom. The molecule has 1 atom stereocenters. The van der Waals surface area contributed by atoms with Crippen molar-refractivity contribution in [2.24, 2.45) is 7.05 Å². The standard InChI is InChI=1S/C25H24ClF3N4O3S/c1-13-23-19(24(31(2)30-23)14-6-15(27)8-16(28)7-14)4-5-33(13)25(34)20-9-17(29)10-21(22(20)26)32-11-18(12-32)37(3,35)36/h6-10,13,18H,4-5,11-12H2,1-3H3. The third-order valence-electron chi connectivity index (χ3n) is 7.08. The Bertz CT molecular complexity index is 1520. The summed E-state index contributed by atoms with van der Waals surface area (Å²) in [5.41, 5.74) is 2.51. The highest BCUT2D eigenvalue weighted by atomic mass is 35.5. The first-order valence-corrected chi connectivity index (χ1v) is 13.9. The van der Waals surface area contributed by atoms with Crippen molar-refractivity contribution in [3.63, 3.8) is 0 Å². The van der Waals surface area contributed by atoms with Gasteiger partial charge in [0, 0.05) is 50.1 Å². The van der Waals surface area contributed by atoms with Crippen LogP contribution in [0.5, 0.6) is 0 Å². The minimum Gasteiger partial charge on any atom is -0.367 e. The first kappa shape index (κ1) is 25.6. The van der Waals surface area contributed by atoms with Crippen molar-refractivity contribution in [2.45, 2.75) is 24.6 Å². The van der Waals surface area contributed by atoms with E-state index in [-0.39, 0.29) is 35.9 Å². The van der Waals surface area contributed by atoms with Gasteiger partial charge in [-0.3, -0.25) is 9.48 Å². The van der Waals surface area contributed by atoms with E-state index in [2.05, 4.69) is 5.10 Å². The summed E-state index contributed by atoms with van der Waals surface area (Å²) in [4.78, 5) is 16.7. The van der Waals surface area contributed by atoms with Crippen molar-refractivity contribution in [1.82, 2.24) is 14.7 Å². The van der Waals surface area contributed by atoms with Crippen molar-refractivity contribution in [1.29, 1.82) is 0 Å². The van der Waals surface area contributed by atoms with Crippen LogP contribution in [-0.4, -0.2) is 60.1 Å². The SMILES string of the molecule is CC1c2nn(C)c(-c3cc(F)cc(F)c3)c2CCN1C(=O)c1cc(F)cc(N2CC(S(C)(=O)=O)C2)c1Cl. The number of anilines is 1. The molecule has 0 aliphatic carbocycles. The molecule has 2 aliphatic heterocycles. The Labute approximate surface area is 217 Å². The highest BCUT2D eigenvalue weighted by molar-refractivity contribution is 7.91. The van der Waals surface area contributed by atoms with Crippen molar-refractivity contribution >= 4 is 33.0 Å². The number of benzene rings is 2. The van der Waals surface area contributed by atoms with E-state index in [9.17, 15) is 26.4 Å². The molecule has 7 nitrogen and oxygen atoms in total. The zero-order valence-corrected chi connectivity index (χ0v) is 21.9. The lowest BCUT2D eigenvalue weighted by Gasteiger charge is -2.40. The number of carbonyl (C=O) groups excluding carboxylic acids is 1. The smallest absolute Gasteiger partial charge is 0.256 e. The molecule has 0 spiro atoms. The highest BCUT2D eigenvalue weighted by Gasteiger charge is 2.38.